The molecule has 1 aromatic carbocycles. The van der Waals surface area contributed by atoms with Crippen LogP contribution in [0.5, 0.6) is 0 Å². The highest BCUT2D eigenvalue weighted by Crippen LogP contribution is 2.33. The second-order valence-electron chi connectivity index (χ2n) is 7.82. The predicted molar refractivity (Wildman–Crippen MR) is 106 cm³/mol. The summed E-state index contributed by atoms with van der Waals surface area (Å²) in [5.41, 5.74) is 1.96. The van der Waals surface area contributed by atoms with Crippen LogP contribution in [0.15, 0.2) is 36.0 Å². The number of imide groups is 1. The summed E-state index contributed by atoms with van der Waals surface area (Å²) < 4.78 is 5.57. The van der Waals surface area contributed by atoms with Gasteiger partial charge in [-0.3, -0.25) is 14.5 Å². The lowest BCUT2D eigenvalue weighted by Gasteiger charge is -2.33. The maximum atomic E-state index is 13.2. The van der Waals surface area contributed by atoms with E-state index in [0.29, 0.717) is 36.8 Å². The van der Waals surface area contributed by atoms with Crippen LogP contribution in [0.3, 0.4) is 0 Å². The number of hydrogen-bond acceptors (Lipinski definition) is 4. The molecule has 1 unspecified atom stereocenters. The Kier molecular flexibility index (Phi) is 6.32. The first-order chi connectivity index (χ1) is 13.0. The number of hydrogen-bond donors (Lipinski definition) is 0. The normalized spacial score (nSPS) is 21.0. The first-order valence-corrected chi connectivity index (χ1v) is 10.0. The first kappa shape index (κ1) is 19.6. The zero-order chi connectivity index (χ0) is 19.4. The number of benzene rings is 1. The Hall–Kier alpha value is -2.14. The Morgan fingerprint density at radius 3 is 2.56 bits per heavy atom. The van der Waals surface area contributed by atoms with Crippen LogP contribution in [0.25, 0.3) is 5.57 Å². The van der Waals surface area contributed by atoms with E-state index in [4.69, 9.17) is 4.74 Å². The molecule has 1 aromatic rings. The Morgan fingerprint density at radius 1 is 1.15 bits per heavy atom. The second-order valence-corrected chi connectivity index (χ2v) is 7.82. The summed E-state index contributed by atoms with van der Waals surface area (Å²) in [6.45, 7) is 8.78. The van der Waals surface area contributed by atoms with Crippen molar-refractivity contribution < 1.29 is 14.3 Å². The van der Waals surface area contributed by atoms with Crippen LogP contribution in [-0.2, 0) is 14.3 Å². The number of likely N-dealkylation sites (tertiary alicyclic amines) is 1. The monoisotopic (exact) mass is 370 g/mol. The molecule has 146 valence electrons. The van der Waals surface area contributed by atoms with Crippen LogP contribution in [0.4, 0.5) is 0 Å². The van der Waals surface area contributed by atoms with Crippen LogP contribution in [0.2, 0.25) is 0 Å². The van der Waals surface area contributed by atoms with E-state index in [1.165, 1.54) is 11.3 Å². The van der Waals surface area contributed by atoms with Crippen LogP contribution in [0.1, 0.15) is 45.6 Å². The average Bonchev–Trinajstić information content (AvgIpc) is 2.90. The largest absolute Gasteiger partial charge is 0.379 e. The van der Waals surface area contributed by atoms with E-state index < -0.39 is 0 Å². The van der Waals surface area contributed by atoms with E-state index in [9.17, 15) is 9.59 Å². The number of rotatable bonds is 7. The molecule has 1 saturated heterocycles. The van der Waals surface area contributed by atoms with Gasteiger partial charge >= 0.3 is 0 Å². The van der Waals surface area contributed by atoms with E-state index in [2.05, 4.69) is 11.8 Å². The quantitative estimate of drug-likeness (QED) is 0.546. The van der Waals surface area contributed by atoms with Gasteiger partial charge in [-0.1, -0.05) is 37.3 Å². The minimum Gasteiger partial charge on any atom is -0.379 e. The molecule has 1 atom stereocenters. The third-order valence-corrected chi connectivity index (χ3v) is 5.16. The molecule has 0 spiro atoms. The summed E-state index contributed by atoms with van der Waals surface area (Å²) in [7, 11) is 0. The molecule has 2 aliphatic rings. The molecular formula is C22H30N2O3. The number of carbonyl (C=O) groups is 2. The fourth-order valence-corrected chi connectivity index (χ4v) is 3.86. The van der Waals surface area contributed by atoms with Crippen LogP contribution < -0.4 is 0 Å². The molecule has 0 saturated carbocycles. The smallest absolute Gasteiger partial charge is 0.277 e. The van der Waals surface area contributed by atoms with Gasteiger partial charge in [0, 0.05) is 26.2 Å². The Bertz CT molecular complexity index is 712. The molecule has 2 aliphatic heterocycles. The number of nitrogens with zero attached hydrogens (tertiary/aromatic N) is 2. The fraction of sp³-hybridized carbons (Fsp3) is 0.545. The lowest BCUT2D eigenvalue weighted by Crippen LogP contribution is -2.39. The maximum absolute atomic E-state index is 13.2. The van der Waals surface area contributed by atoms with E-state index in [1.807, 2.05) is 44.2 Å². The van der Waals surface area contributed by atoms with Gasteiger partial charge in [0.15, 0.2) is 0 Å². The average molecular weight is 370 g/mol. The van der Waals surface area contributed by atoms with Crippen molar-refractivity contribution in [1.82, 2.24) is 9.80 Å². The highest BCUT2D eigenvalue weighted by Gasteiger charge is 2.41. The van der Waals surface area contributed by atoms with Crippen LogP contribution >= 0.6 is 0 Å². The SMILES string of the molecule is CC1CCCN(C2=C(c3ccccc3)C(=O)N(CCCOC(C)C)C2=O)C1. The van der Waals surface area contributed by atoms with Gasteiger partial charge in [-0.05, 0) is 44.6 Å². The summed E-state index contributed by atoms with van der Waals surface area (Å²) in [5, 5.41) is 0. The van der Waals surface area contributed by atoms with E-state index in [1.54, 1.807) is 0 Å². The zero-order valence-electron chi connectivity index (χ0n) is 16.6. The van der Waals surface area contributed by atoms with Gasteiger partial charge in [0.25, 0.3) is 11.8 Å². The van der Waals surface area contributed by atoms with Crippen molar-refractivity contribution in [2.24, 2.45) is 5.92 Å². The molecule has 2 amide bonds. The van der Waals surface area contributed by atoms with Gasteiger partial charge in [-0.25, -0.2) is 0 Å². The summed E-state index contributed by atoms with van der Waals surface area (Å²) in [6.07, 6.45) is 3.03. The molecule has 2 heterocycles. The van der Waals surface area contributed by atoms with Gasteiger partial charge < -0.3 is 9.64 Å². The number of amides is 2. The Balaban J connectivity index is 1.85. The van der Waals surface area contributed by atoms with Crippen molar-refractivity contribution in [1.29, 1.82) is 0 Å². The van der Waals surface area contributed by atoms with Crippen molar-refractivity contribution in [3.8, 4) is 0 Å². The summed E-state index contributed by atoms with van der Waals surface area (Å²) in [4.78, 5) is 29.9. The molecule has 3 rings (SSSR count). The van der Waals surface area contributed by atoms with Crippen molar-refractivity contribution in [3.63, 3.8) is 0 Å². The number of piperidine rings is 1. The molecule has 0 bridgehead atoms. The predicted octanol–water partition coefficient (Wildman–Crippen LogP) is 3.31. The van der Waals surface area contributed by atoms with Crippen molar-refractivity contribution >= 4 is 17.4 Å². The minimum absolute atomic E-state index is 0.151. The molecule has 5 heteroatoms. The van der Waals surface area contributed by atoms with Crippen LogP contribution in [0, 0.1) is 5.92 Å². The van der Waals surface area contributed by atoms with E-state index in [-0.39, 0.29) is 17.9 Å². The van der Waals surface area contributed by atoms with Gasteiger partial charge in [-0.2, -0.15) is 0 Å². The summed E-state index contributed by atoms with van der Waals surface area (Å²) in [6, 6.07) is 9.58. The molecule has 0 N–H and O–H groups in total. The van der Waals surface area contributed by atoms with Crippen molar-refractivity contribution in [2.75, 3.05) is 26.2 Å². The topological polar surface area (TPSA) is 49.9 Å². The van der Waals surface area contributed by atoms with Crippen molar-refractivity contribution in [2.45, 2.75) is 46.1 Å². The van der Waals surface area contributed by atoms with Crippen LogP contribution in [-0.4, -0.2) is 54.0 Å². The van der Waals surface area contributed by atoms with Gasteiger partial charge in [0.2, 0.25) is 0 Å². The molecule has 5 nitrogen and oxygen atoms in total. The molecule has 0 aliphatic carbocycles. The maximum Gasteiger partial charge on any atom is 0.277 e. The Morgan fingerprint density at radius 2 is 1.89 bits per heavy atom. The fourth-order valence-electron chi connectivity index (χ4n) is 3.86. The lowest BCUT2D eigenvalue weighted by atomic mass is 9.98. The zero-order valence-corrected chi connectivity index (χ0v) is 16.6. The van der Waals surface area contributed by atoms with E-state index >= 15 is 0 Å². The van der Waals surface area contributed by atoms with E-state index in [0.717, 1.165) is 25.1 Å². The molecule has 0 radical (unpaired) electrons. The Labute approximate surface area is 162 Å². The molecule has 1 fully saturated rings. The standard InChI is InChI=1S/C22H30N2O3/c1-16(2)27-14-8-13-24-21(25)19(18-10-5-4-6-11-18)20(22(24)26)23-12-7-9-17(3)15-23/h4-6,10-11,16-17H,7-9,12-15H2,1-3H3. The number of ether oxygens (including phenoxy) is 1. The highest BCUT2D eigenvalue weighted by atomic mass is 16.5. The van der Waals surface area contributed by atoms with Gasteiger partial charge in [-0.15, -0.1) is 0 Å². The molecular weight excluding hydrogens is 340 g/mol. The third-order valence-electron chi connectivity index (χ3n) is 5.16. The second kappa shape index (κ2) is 8.70. The van der Waals surface area contributed by atoms with Gasteiger partial charge in [0.1, 0.15) is 5.70 Å². The summed E-state index contributed by atoms with van der Waals surface area (Å²) in [5.74, 6) is 0.196. The molecule has 0 aromatic heterocycles. The third kappa shape index (κ3) is 4.41. The first-order valence-electron chi connectivity index (χ1n) is 10.0. The van der Waals surface area contributed by atoms with Crippen molar-refractivity contribution in [3.05, 3.63) is 41.6 Å². The molecule has 27 heavy (non-hydrogen) atoms. The minimum atomic E-state index is -0.177. The lowest BCUT2D eigenvalue weighted by molar-refractivity contribution is -0.137. The summed E-state index contributed by atoms with van der Waals surface area (Å²) >= 11 is 0. The van der Waals surface area contributed by atoms with Gasteiger partial charge in [0.05, 0.1) is 11.7 Å². The number of carbonyl (C=O) groups excluding carboxylic acids is 2. The highest BCUT2D eigenvalue weighted by molar-refractivity contribution is 6.35.